The molecule has 1 aliphatic rings. The Morgan fingerprint density at radius 3 is 2.69 bits per heavy atom. The summed E-state index contributed by atoms with van der Waals surface area (Å²) >= 11 is 0. The highest BCUT2D eigenvalue weighted by atomic mass is 32.2. The predicted octanol–water partition coefficient (Wildman–Crippen LogP) is 0.370. The van der Waals surface area contributed by atoms with Crippen LogP contribution in [0.2, 0.25) is 0 Å². The van der Waals surface area contributed by atoms with E-state index in [0.29, 0.717) is 18.5 Å². The van der Waals surface area contributed by atoms with E-state index in [1.165, 1.54) is 18.5 Å². The van der Waals surface area contributed by atoms with Gasteiger partial charge in [-0.2, -0.15) is 0 Å². The third kappa shape index (κ3) is 6.04. The molecule has 1 aromatic carbocycles. The van der Waals surface area contributed by atoms with Crippen molar-refractivity contribution >= 4 is 15.9 Å². The van der Waals surface area contributed by atoms with Gasteiger partial charge in [0.1, 0.15) is 6.33 Å². The highest BCUT2D eigenvalue weighted by Crippen LogP contribution is 2.23. The first-order valence-electron chi connectivity index (χ1n) is 9.33. The number of hydrogen-bond acceptors (Lipinski definition) is 7. The second-order valence-corrected chi connectivity index (χ2v) is 8.49. The number of aliphatic hydroxyl groups is 1. The number of rotatable bonds is 8. The summed E-state index contributed by atoms with van der Waals surface area (Å²) in [6.07, 6.45) is 2.98. The number of hydrogen-bond donors (Lipinski definition) is 3. The van der Waals surface area contributed by atoms with Crippen LogP contribution in [0.3, 0.4) is 0 Å². The second-order valence-electron chi connectivity index (χ2n) is 6.78. The molecule has 9 nitrogen and oxygen atoms in total. The topological polar surface area (TPSA) is 131 Å². The molecule has 0 unspecified atom stereocenters. The Labute approximate surface area is 169 Å². The molecule has 3 N–H and O–H groups in total. The Hall–Kier alpha value is -2.40. The van der Waals surface area contributed by atoms with Gasteiger partial charge in [0, 0.05) is 6.20 Å². The molecule has 0 bridgehead atoms. The van der Waals surface area contributed by atoms with Crippen LogP contribution in [0.4, 0.5) is 0 Å². The summed E-state index contributed by atoms with van der Waals surface area (Å²) in [5, 5.41) is 12.4. The fourth-order valence-corrected chi connectivity index (χ4v) is 4.49. The molecule has 1 amide bonds. The lowest BCUT2D eigenvalue weighted by atomic mass is 9.98. The maximum absolute atomic E-state index is 12.5. The lowest BCUT2D eigenvalue weighted by Gasteiger charge is -2.35. The van der Waals surface area contributed by atoms with Crippen molar-refractivity contribution in [3.63, 3.8) is 0 Å². The standard InChI is InChI=1S/C19H24N4O5S/c24-12-18-17(23-29(26,27)16-4-2-1-3-5-16)7-6-15(28-18)10-19(25)21-11-14-8-9-20-13-22-14/h1-5,8-9,13,15,17-18,23-24H,6-7,10-12H2,(H,21,25)/t15-,17-,18-/m1/s1. The van der Waals surface area contributed by atoms with Crippen LogP contribution in [0, 0.1) is 0 Å². The van der Waals surface area contributed by atoms with Gasteiger partial charge in [0.25, 0.3) is 0 Å². The van der Waals surface area contributed by atoms with Crippen molar-refractivity contribution in [1.29, 1.82) is 0 Å². The molecular weight excluding hydrogens is 396 g/mol. The largest absolute Gasteiger partial charge is 0.394 e. The third-order valence-corrected chi connectivity index (χ3v) is 6.18. The van der Waals surface area contributed by atoms with Gasteiger partial charge in [-0.3, -0.25) is 4.79 Å². The fraction of sp³-hybridized carbons (Fsp3) is 0.421. The molecule has 0 aliphatic carbocycles. The van der Waals surface area contributed by atoms with E-state index in [-0.39, 0.29) is 30.4 Å². The molecular formula is C19H24N4O5S. The van der Waals surface area contributed by atoms with Crippen LogP contribution in [0.1, 0.15) is 25.0 Å². The molecule has 3 atom stereocenters. The van der Waals surface area contributed by atoms with Crippen molar-refractivity contribution in [1.82, 2.24) is 20.0 Å². The summed E-state index contributed by atoms with van der Waals surface area (Å²) in [5.41, 5.74) is 0.696. The monoisotopic (exact) mass is 420 g/mol. The van der Waals surface area contributed by atoms with Gasteiger partial charge in [0.2, 0.25) is 15.9 Å². The summed E-state index contributed by atoms with van der Waals surface area (Å²) in [6.45, 7) is -0.0575. The smallest absolute Gasteiger partial charge is 0.240 e. The molecule has 156 valence electrons. The number of nitrogens with one attached hydrogen (secondary N) is 2. The minimum absolute atomic E-state index is 0.125. The summed E-state index contributed by atoms with van der Waals surface area (Å²) in [5.74, 6) is -0.200. The van der Waals surface area contributed by atoms with Crippen molar-refractivity contribution in [2.75, 3.05) is 6.61 Å². The lowest BCUT2D eigenvalue weighted by molar-refractivity contribution is -0.130. The van der Waals surface area contributed by atoms with Gasteiger partial charge in [0.05, 0.1) is 48.4 Å². The summed E-state index contributed by atoms with van der Waals surface area (Å²) in [4.78, 5) is 20.2. The molecule has 10 heteroatoms. The highest BCUT2D eigenvalue weighted by molar-refractivity contribution is 7.89. The minimum atomic E-state index is -3.72. The van der Waals surface area contributed by atoms with E-state index >= 15 is 0 Å². The van der Waals surface area contributed by atoms with Crippen molar-refractivity contribution < 1.29 is 23.1 Å². The molecule has 0 saturated carbocycles. The number of aliphatic hydroxyl groups excluding tert-OH is 1. The van der Waals surface area contributed by atoms with E-state index in [1.807, 2.05) is 0 Å². The highest BCUT2D eigenvalue weighted by Gasteiger charge is 2.34. The van der Waals surface area contributed by atoms with Crippen LogP contribution in [0.25, 0.3) is 0 Å². The molecule has 1 saturated heterocycles. The van der Waals surface area contributed by atoms with Gasteiger partial charge in [-0.1, -0.05) is 18.2 Å². The number of carbonyl (C=O) groups excluding carboxylic acids is 1. The van der Waals surface area contributed by atoms with E-state index in [2.05, 4.69) is 20.0 Å². The van der Waals surface area contributed by atoms with Gasteiger partial charge in [-0.05, 0) is 31.0 Å². The number of sulfonamides is 1. The van der Waals surface area contributed by atoms with Gasteiger partial charge in [-0.15, -0.1) is 0 Å². The molecule has 0 radical (unpaired) electrons. The molecule has 2 aromatic rings. The van der Waals surface area contributed by atoms with Gasteiger partial charge in [-0.25, -0.2) is 23.1 Å². The third-order valence-electron chi connectivity index (χ3n) is 4.68. The average Bonchev–Trinajstić information content (AvgIpc) is 2.74. The number of benzene rings is 1. The van der Waals surface area contributed by atoms with E-state index in [9.17, 15) is 18.3 Å². The minimum Gasteiger partial charge on any atom is -0.394 e. The van der Waals surface area contributed by atoms with E-state index in [0.717, 1.165) is 0 Å². The zero-order chi connectivity index (χ0) is 20.7. The van der Waals surface area contributed by atoms with Crippen molar-refractivity contribution in [3.05, 3.63) is 54.6 Å². The van der Waals surface area contributed by atoms with E-state index in [1.54, 1.807) is 30.5 Å². The van der Waals surface area contributed by atoms with Gasteiger partial charge in [0.15, 0.2) is 0 Å². The maximum Gasteiger partial charge on any atom is 0.240 e. The lowest BCUT2D eigenvalue weighted by Crippen LogP contribution is -2.51. The number of aromatic nitrogens is 2. The number of amides is 1. The Morgan fingerprint density at radius 1 is 1.21 bits per heavy atom. The van der Waals surface area contributed by atoms with Crippen molar-refractivity contribution in [3.8, 4) is 0 Å². The van der Waals surface area contributed by atoms with Gasteiger partial charge < -0.3 is 15.2 Å². The molecule has 1 aromatic heterocycles. The van der Waals surface area contributed by atoms with Gasteiger partial charge >= 0.3 is 0 Å². The van der Waals surface area contributed by atoms with Crippen LogP contribution in [0.5, 0.6) is 0 Å². The van der Waals surface area contributed by atoms with Crippen LogP contribution in [-0.4, -0.2) is 54.3 Å². The predicted molar refractivity (Wildman–Crippen MR) is 104 cm³/mol. The second kappa shape index (κ2) is 9.88. The first-order valence-corrected chi connectivity index (χ1v) is 10.8. The summed E-state index contributed by atoms with van der Waals surface area (Å²) < 4.78 is 33.4. The fourth-order valence-electron chi connectivity index (χ4n) is 3.17. The van der Waals surface area contributed by atoms with E-state index < -0.39 is 28.3 Å². The van der Waals surface area contributed by atoms with Crippen LogP contribution in [0.15, 0.2) is 53.8 Å². The Balaban J connectivity index is 1.52. The first kappa shape index (κ1) is 21.3. The Kier molecular flexibility index (Phi) is 7.26. The molecule has 0 spiro atoms. The van der Waals surface area contributed by atoms with E-state index in [4.69, 9.17) is 4.74 Å². The van der Waals surface area contributed by atoms with Crippen molar-refractivity contribution in [2.24, 2.45) is 0 Å². The Bertz CT molecular complexity index is 895. The average molecular weight is 420 g/mol. The molecule has 3 rings (SSSR count). The summed E-state index contributed by atoms with van der Waals surface area (Å²) in [7, 11) is -3.72. The number of carbonyl (C=O) groups is 1. The Morgan fingerprint density at radius 2 is 2.00 bits per heavy atom. The SMILES string of the molecule is O=C(C[C@H]1CC[C@@H](NS(=O)(=O)c2ccccc2)[C@@H](CO)O1)NCc1ccncn1. The van der Waals surface area contributed by atoms with Crippen LogP contribution >= 0.6 is 0 Å². The summed E-state index contributed by atoms with van der Waals surface area (Å²) in [6, 6.07) is 9.18. The number of nitrogens with zero attached hydrogens (tertiary/aromatic N) is 2. The zero-order valence-corrected chi connectivity index (χ0v) is 16.6. The first-order chi connectivity index (χ1) is 14.0. The zero-order valence-electron chi connectivity index (χ0n) is 15.8. The normalized spacial score (nSPS) is 22.2. The van der Waals surface area contributed by atoms with Crippen LogP contribution in [-0.2, 0) is 26.1 Å². The quantitative estimate of drug-likeness (QED) is 0.562. The molecule has 2 heterocycles. The molecule has 1 fully saturated rings. The maximum atomic E-state index is 12.5. The number of ether oxygens (including phenoxy) is 1. The molecule has 29 heavy (non-hydrogen) atoms. The van der Waals surface area contributed by atoms with Crippen molar-refractivity contribution in [2.45, 2.75) is 49.0 Å². The van der Waals surface area contributed by atoms with Crippen LogP contribution < -0.4 is 10.0 Å². The molecule has 1 aliphatic heterocycles.